The molecule has 1 heterocycles. The number of carboxylic acid groups (broad SMARTS) is 1. The number of rotatable bonds is 8. The molecule has 0 aliphatic carbocycles. The molecule has 7 heteroatoms. The van der Waals surface area contributed by atoms with E-state index in [1.165, 1.54) is 11.6 Å². The van der Waals surface area contributed by atoms with Crippen molar-refractivity contribution in [3.63, 3.8) is 0 Å². The molecule has 0 amide bonds. The Morgan fingerprint density at radius 1 is 1.31 bits per heavy atom. The monoisotopic (exact) mass is 462 g/mol. The van der Waals surface area contributed by atoms with Gasteiger partial charge in [-0.3, -0.25) is 9.79 Å². The van der Waals surface area contributed by atoms with Crippen molar-refractivity contribution >= 4 is 29.0 Å². The Balaban J connectivity index is 0.000000944. The number of hydrogen-bond acceptors (Lipinski definition) is 5. The van der Waals surface area contributed by atoms with Crippen molar-refractivity contribution in [2.24, 2.45) is 4.99 Å². The van der Waals surface area contributed by atoms with E-state index >= 15 is 0 Å². The van der Waals surface area contributed by atoms with Crippen LogP contribution in [0, 0.1) is 12.7 Å². The Morgan fingerprint density at radius 2 is 2.03 bits per heavy atom. The predicted octanol–water partition coefficient (Wildman–Crippen LogP) is 6.21. The second-order valence-corrected chi connectivity index (χ2v) is 8.22. The van der Waals surface area contributed by atoms with E-state index in [9.17, 15) is 4.39 Å². The maximum Gasteiger partial charge on any atom is 0.290 e. The molecule has 2 N–H and O–H groups in total. The Bertz CT molecular complexity index is 861. The van der Waals surface area contributed by atoms with E-state index in [1.54, 1.807) is 23.9 Å². The van der Waals surface area contributed by atoms with Crippen LogP contribution >= 0.6 is 11.8 Å². The van der Waals surface area contributed by atoms with Crippen molar-refractivity contribution in [3.8, 4) is 5.75 Å². The molecule has 0 saturated carbocycles. The molecule has 1 aliphatic heterocycles. The molecule has 0 aromatic heterocycles. The lowest BCUT2D eigenvalue weighted by atomic mass is 10.1. The smallest absolute Gasteiger partial charge is 0.290 e. The van der Waals surface area contributed by atoms with Crippen molar-refractivity contribution in [1.82, 2.24) is 0 Å². The molecule has 0 spiro atoms. The summed E-state index contributed by atoms with van der Waals surface area (Å²) in [5, 5.41) is 11.4. The van der Waals surface area contributed by atoms with Gasteiger partial charge in [0.25, 0.3) is 6.47 Å². The predicted molar refractivity (Wildman–Crippen MR) is 134 cm³/mol. The number of halogens is 1. The van der Waals surface area contributed by atoms with Crippen LogP contribution in [0.5, 0.6) is 5.75 Å². The van der Waals surface area contributed by atoms with E-state index in [2.05, 4.69) is 31.3 Å². The summed E-state index contributed by atoms with van der Waals surface area (Å²) in [4.78, 5) is 13.2. The van der Waals surface area contributed by atoms with E-state index in [1.807, 2.05) is 32.9 Å². The third kappa shape index (κ3) is 9.73. The average molecular weight is 463 g/mol. The van der Waals surface area contributed by atoms with Gasteiger partial charge in [-0.25, -0.2) is 4.39 Å². The van der Waals surface area contributed by atoms with E-state index in [0.29, 0.717) is 6.61 Å². The van der Waals surface area contributed by atoms with E-state index < -0.39 is 0 Å². The van der Waals surface area contributed by atoms with Gasteiger partial charge in [0.1, 0.15) is 23.2 Å². The Kier molecular flexibility index (Phi) is 13.1. The zero-order valence-corrected chi connectivity index (χ0v) is 20.4. The average Bonchev–Trinajstić information content (AvgIpc) is 3.24. The van der Waals surface area contributed by atoms with Gasteiger partial charge in [-0.2, -0.15) is 0 Å². The first-order chi connectivity index (χ1) is 15.4. The SMILES string of the molecule is CC.CCc1cccc(OCC2=NC(CC(C)Nc3cc(F)ccc3C)CS2)c1.O=CO. The highest BCUT2D eigenvalue weighted by atomic mass is 32.2. The summed E-state index contributed by atoms with van der Waals surface area (Å²) >= 11 is 1.77. The molecule has 0 bridgehead atoms. The minimum atomic E-state index is -0.250. The second-order valence-electron chi connectivity index (χ2n) is 7.12. The van der Waals surface area contributed by atoms with Crippen molar-refractivity contribution < 1.29 is 19.0 Å². The summed E-state index contributed by atoms with van der Waals surface area (Å²) in [6.07, 6.45) is 1.92. The standard InChI is InChI=1S/C22H27FN2OS.C2H6.CH2O2/c1-4-17-6-5-7-20(11-17)26-13-22-25-19(14-27-22)10-16(3)24-21-12-18(23)9-8-15(21)2;1-2;2-1-3/h5-9,11-12,16,19,24H,4,10,13-14H2,1-3H3;1-2H3;1H,(H,2,3). The Hall–Kier alpha value is -2.54. The second kappa shape index (κ2) is 15.3. The number of aryl methyl sites for hydroxylation is 2. The van der Waals surface area contributed by atoms with Crippen LogP contribution in [-0.2, 0) is 11.2 Å². The molecule has 2 aromatic rings. The number of aliphatic imine (C=N–C) groups is 1. The fourth-order valence-corrected chi connectivity index (χ4v) is 4.11. The zero-order chi connectivity index (χ0) is 23.9. The molecule has 0 fully saturated rings. The number of nitrogens with zero attached hydrogens (tertiary/aromatic N) is 1. The largest absolute Gasteiger partial charge is 0.487 e. The molecule has 2 unspecified atom stereocenters. The molecule has 0 radical (unpaired) electrons. The van der Waals surface area contributed by atoms with E-state index in [-0.39, 0.29) is 24.4 Å². The molecular formula is C25H35FN2O3S. The lowest BCUT2D eigenvalue weighted by molar-refractivity contribution is -0.122. The summed E-state index contributed by atoms with van der Waals surface area (Å²) in [5.41, 5.74) is 3.19. The van der Waals surface area contributed by atoms with Gasteiger partial charge in [0, 0.05) is 17.5 Å². The molecule has 0 saturated heterocycles. The molecule has 5 nitrogen and oxygen atoms in total. The number of carbonyl (C=O) groups is 1. The van der Waals surface area contributed by atoms with Crippen LogP contribution < -0.4 is 10.1 Å². The molecule has 32 heavy (non-hydrogen) atoms. The van der Waals surface area contributed by atoms with Gasteiger partial charge in [-0.05, 0) is 62.1 Å². The minimum absolute atomic E-state index is 0.212. The van der Waals surface area contributed by atoms with Crippen LogP contribution in [0.25, 0.3) is 0 Å². The third-order valence-electron chi connectivity index (χ3n) is 4.67. The zero-order valence-electron chi connectivity index (χ0n) is 19.6. The van der Waals surface area contributed by atoms with Crippen LogP contribution in [0.4, 0.5) is 10.1 Å². The Morgan fingerprint density at radius 3 is 2.72 bits per heavy atom. The number of ether oxygens (including phenoxy) is 1. The number of anilines is 1. The highest BCUT2D eigenvalue weighted by molar-refractivity contribution is 8.14. The quantitative estimate of drug-likeness (QED) is 0.457. The summed E-state index contributed by atoms with van der Waals surface area (Å²) in [7, 11) is 0. The summed E-state index contributed by atoms with van der Waals surface area (Å²) in [5.74, 6) is 1.66. The maximum atomic E-state index is 13.4. The molecule has 2 aromatic carbocycles. The third-order valence-corrected chi connectivity index (χ3v) is 5.77. The molecular weight excluding hydrogens is 427 g/mol. The lowest BCUT2D eigenvalue weighted by Crippen LogP contribution is -2.22. The molecule has 2 atom stereocenters. The number of nitrogens with one attached hydrogen (secondary N) is 1. The van der Waals surface area contributed by atoms with Crippen LogP contribution in [0.2, 0.25) is 0 Å². The van der Waals surface area contributed by atoms with Crippen LogP contribution in [0.1, 0.15) is 45.2 Å². The number of hydrogen-bond donors (Lipinski definition) is 2. The number of thioether (sulfide) groups is 1. The normalized spacial score (nSPS) is 15.3. The molecule has 3 rings (SSSR count). The van der Waals surface area contributed by atoms with Gasteiger partial charge in [0.2, 0.25) is 0 Å². The number of benzene rings is 2. The van der Waals surface area contributed by atoms with Crippen LogP contribution in [0.15, 0.2) is 47.5 Å². The topological polar surface area (TPSA) is 70.9 Å². The highest BCUT2D eigenvalue weighted by Gasteiger charge is 2.21. The first-order valence-corrected chi connectivity index (χ1v) is 12.0. The summed E-state index contributed by atoms with van der Waals surface area (Å²) in [6.45, 7) is 10.5. The van der Waals surface area contributed by atoms with Crippen LogP contribution in [-0.4, -0.2) is 41.1 Å². The minimum Gasteiger partial charge on any atom is -0.487 e. The van der Waals surface area contributed by atoms with Crippen LogP contribution in [0.3, 0.4) is 0 Å². The maximum absolute atomic E-state index is 13.4. The summed E-state index contributed by atoms with van der Waals surface area (Å²) in [6, 6.07) is 13.6. The van der Waals surface area contributed by atoms with Crippen molar-refractivity contribution in [3.05, 3.63) is 59.4 Å². The van der Waals surface area contributed by atoms with Gasteiger partial charge >= 0.3 is 0 Å². The van der Waals surface area contributed by atoms with E-state index in [0.717, 1.165) is 40.6 Å². The van der Waals surface area contributed by atoms with Gasteiger partial charge < -0.3 is 15.2 Å². The van der Waals surface area contributed by atoms with Gasteiger partial charge in [0.15, 0.2) is 0 Å². The van der Waals surface area contributed by atoms with Crippen molar-refractivity contribution in [2.75, 3.05) is 17.7 Å². The first kappa shape index (κ1) is 27.5. The van der Waals surface area contributed by atoms with E-state index in [4.69, 9.17) is 19.6 Å². The Labute approximate surface area is 195 Å². The lowest BCUT2D eigenvalue weighted by Gasteiger charge is -2.19. The van der Waals surface area contributed by atoms with Crippen molar-refractivity contribution in [2.45, 2.75) is 59.5 Å². The molecule has 176 valence electrons. The van der Waals surface area contributed by atoms with Gasteiger partial charge in [-0.1, -0.05) is 39.0 Å². The first-order valence-electron chi connectivity index (χ1n) is 11.0. The van der Waals surface area contributed by atoms with Gasteiger partial charge in [-0.15, -0.1) is 11.8 Å². The fourth-order valence-electron chi connectivity index (χ4n) is 3.15. The highest BCUT2D eigenvalue weighted by Crippen LogP contribution is 2.24. The van der Waals surface area contributed by atoms with Gasteiger partial charge in [0.05, 0.1) is 6.04 Å². The summed E-state index contributed by atoms with van der Waals surface area (Å²) < 4.78 is 19.3. The van der Waals surface area contributed by atoms with Crippen molar-refractivity contribution in [1.29, 1.82) is 0 Å². The fraction of sp³-hybridized carbons (Fsp3) is 0.440. The molecule has 1 aliphatic rings.